The van der Waals surface area contributed by atoms with Crippen molar-refractivity contribution in [2.45, 2.75) is 6.92 Å². The van der Waals surface area contributed by atoms with Crippen LogP contribution in [0.15, 0.2) is 42.5 Å². The Morgan fingerprint density at radius 1 is 1.19 bits per heavy atom. The lowest BCUT2D eigenvalue weighted by Crippen LogP contribution is -2.35. The lowest BCUT2D eigenvalue weighted by atomic mass is 10.2. The highest BCUT2D eigenvalue weighted by Crippen LogP contribution is 2.33. The van der Waals surface area contributed by atoms with E-state index in [0.29, 0.717) is 13.2 Å². The molecular formula is C17H20N2O2. The lowest BCUT2D eigenvalue weighted by molar-refractivity contribution is 0.288. The molecule has 0 spiro atoms. The highest BCUT2D eigenvalue weighted by molar-refractivity contribution is 5.66. The SMILES string of the molecule is Cc1ccc(OCCN2CCOc3ccc(N)cc32)cc1. The summed E-state index contributed by atoms with van der Waals surface area (Å²) in [5, 5.41) is 0. The van der Waals surface area contributed by atoms with Gasteiger partial charge in [0.05, 0.1) is 18.8 Å². The second-order valence-corrected chi connectivity index (χ2v) is 5.22. The van der Waals surface area contributed by atoms with Gasteiger partial charge in [-0.15, -0.1) is 0 Å². The summed E-state index contributed by atoms with van der Waals surface area (Å²) in [5.74, 6) is 1.80. The van der Waals surface area contributed by atoms with Crippen molar-refractivity contribution in [1.29, 1.82) is 0 Å². The monoisotopic (exact) mass is 284 g/mol. The van der Waals surface area contributed by atoms with Gasteiger partial charge >= 0.3 is 0 Å². The van der Waals surface area contributed by atoms with Gasteiger partial charge in [-0.05, 0) is 37.3 Å². The molecule has 0 fully saturated rings. The van der Waals surface area contributed by atoms with Gasteiger partial charge in [-0.3, -0.25) is 0 Å². The van der Waals surface area contributed by atoms with E-state index in [1.807, 2.05) is 30.3 Å². The first kappa shape index (κ1) is 13.6. The molecule has 2 N–H and O–H groups in total. The van der Waals surface area contributed by atoms with Gasteiger partial charge in [0.15, 0.2) is 0 Å². The van der Waals surface area contributed by atoms with Gasteiger partial charge in [0.25, 0.3) is 0 Å². The maximum atomic E-state index is 5.86. The molecule has 0 aromatic heterocycles. The fourth-order valence-electron chi connectivity index (χ4n) is 2.43. The Morgan fingerprint density at radius 2 is 2.00 bits per heavy atom. The van der Waals surface area contributed by atoms with E-state index in [4.69, 9.17) is 15.2 Å². The number of nitrogen functional groups attached to an aromatic ring is 1. The molecule has 0 saturated heterocycles. The first-order valence-corrected chi connectivity index (χ1v) is 7.19. The molecule has 1 aliphatic heterocycles. The number of nitrogens with two attached hydrogens (primary N) is 1. The number of aryl methyl sites for hydroxylation is 1. The molecule has 21 heavy (non-hydrogen) atoms. The van der Waals surface area contributed by atoms with Gasteiger partial charge < -0.3 is 20.1 Å². The molecule has 4 nitrogen and oxygen atoms in total. The van der Waals surface area contributed by atoms with Crippen LogP contribution in [0.3, 0.4) is 0 Å². The van der Waals surface area contributed by atoms with Crippen LogP contribution in [0.5, 0.6) is 11.5 Å². The van der Waals surface area contributed by atoms with Gasteiger partial charge in [0, 0.05) is 5.69 Å². The maximum Gasteiger partial charge on any atom is 0.142 e. The fourth-order valence-corrected chi connectivity index (χ4v) is 2.43. The molecule has 0 amide bonds. The summed E-state index contributed by atoms with van der Waals surface area (Å²) in [6.07, 6.45) is 0. The number of fused-ring (bicyclic) bond motifs is 1. The van der Waals surface area contributed by atoms with Gasteiger partial charge in [-0.2, -0.15) is 0 Å². The van der Waals surface area contributed by atoms with Crippen molar-refractivity contribution in [2.24, 2.45) is 0 Å². The number of anilines is 2. The molecule has 0 atom stereocenters. The van der Waals surface area contributed by atoms with Crippen LogP contribution in [0.1, 0.15) is 5.56 Å². The third-order valence-electron chi connectivity index (χ3n) is 3.59. The molecule has 1 heterocycles. The summed E-state index contributed by atoms with van der Waals surface area (Å²) in [5.41, 5.74) is 8.90. The zero-order chi connectivity index (χ0) is 14.7. The van der Waals surface area contributed by atoms with Crippen LogP contribution in [0.2, 0.25) is 0 Å². The normalized spacial score (nSPS) is 13.5. The predicted molar refractivity (Wildman–Crippen MR) is 85.2 cm³/mol. The van der Waals surface area contributed by atoms with Crippen molar-refractivity contribution in [2.75, 3.05) is 36.9 Å². The van der Waals surface area contributed by atoms with E-state index in [9.17, 15) is 0 Å². The minimum absolute atomic E-state index is 0.636. The number of benzene rings is 2. The van der Waals surface area contributed by atoms with Gasteiger partial charge in [0.1, 0.15) is 24.7 Å². The van der Waals surface area contributed by atoms with E-state index < -0.39 is 0 Å². The molecule has 0 radical (unpaired) electrons. The van der Waals surface area contributed by atoms with Gasteiger partial charge in [-0.25, -0.2) is 0 Å². The van der Waals surface area contributed by atoms with Gasteiger partial charge in [0.2, 0.25) is 0 Å². The van der Waals surface area contributed by atoms with Crippen molar-refractivity contribution >= 4 is 11.4 Å². The van der Waals surface area contributed by atoms with E-state index in [-0.39, 0.29) is 0 Å². The van der Waals surface area contributed by atoms with E-state index in [2.05, 4.69) is 24.0 Å². The Balaban J connectivity index is 1.61. The highest BCUT2D eigenvalue weighted by atomic mass is 16.5. The summed E-state index contributed by atoms with van der Waals surface area (Å²) in [6.45, 7) is 5.07. The molecular weight excluding hydrogens is 264 g/mol. The van der Waals surface area contributed by atoms with Crippen molar-refractivity contribution in [3.05, 3.63) is 48.0 Å². The molecule has 0 unspecified atom stereocenters. The Hall–Kier alpha value is -2.36. The van der Waals surface area contributed by atoms with Crippen LogP contribution in [0, 0.1) is 6.92 Å². The Bertz CT molecular complexity index is 611. The highest BCUT2D eigenvalue weighted by Gasteiger charge is 2.17. The average molecular weight is 284 g/mol. The van der Waals surface area contributed by atoms with Crippen LogP contribution >= 0.6 is 0 Å². The second-order valence-electron chi connectivity index (χ2n) is 5.22. The van der Waals surface area contributed by atoms with E-state index in [0.717, 1.165) is 36.0 Å². The molecule has 2 aromatic carbocycles. The molecule has 1 aliphatic rings. The van der Waals surface area contributed by atoms with Crippen molar-refractivity contribution in [3.8, 4) is 11.5 Å². The minimum Gasteiger partial charge on any atom is -0.492 e. The van der Waals surface area contributed by atoms with Crippen molar-refractivity contribution in [1.82, 2.24) is 0 Å². The number of rotatable bonds is 4. The van der Waals surface area contributed by atoms with E-state index >= 15 is 0 Å². The Morgan fingerprint density at radius 3 is 2.81 bits per heavy atom. The van der Waals surface area contributed by atoms with Crippen LogP contribution in [0.4, 0.5) is 11.4 Å². The number of hydrogen-bond acceptors (Lipinski definition) is 4. The topological polar surface area (TPSA) is 47.7 Å². The quantitative estimate of drug-likeness (QED) is 0.877. The molecule has 110 valence electrons. The summed E-state index contributed by atoms with van der Waals surface area (Å²) in [7, 11) is 0. The van der Waals surface area contributed by atoms with E-state index in [1.165, 1.54) is 5.56 Å². The average Bonchev–Trinajstić information content (AvgIpc) is 2.50. The number of hydrogen-bond donors (Lipinski definition) is 1. The first-order valence-electron chi connectivity index (χ1n) is 7.19. The Kier molecular flexibility index (Phi) is 3.86. The lowest BCUT2D eigenvalue weighted by Gasteiger charge is -2.31. The standard InChI is InChI=1S/C17H20N2O2/c1-13-2-5-15(6-3-13)20-10-8-19-9-11-21-17-7-4-14(18)12-16(17)19/h2-7,12H,8-11,18H2,1H3. The first-order chi connectivity index (χ1) is 10.2. The molecule has 0 aliphatic carbocycles. The van der Waals surface area contributed by atoms with Crippen LogP contribution < -0.4 is 20.1 Å². The third kappa shape index (κ3) is 3.21. The summed E-state index contributed by atoms with van der Waals surface area (Å²) < 4.78 is 11.4. The Labute approximate surface area is 125 Å². The molecule has 3 rings (SSSR count). The second kappa shape index (κ2) is 5.95. The molecule has 0 bridgehead atoms. The fraction of sp³-hybridized carbons (Fsp3) is 0.294. The molecule has 2 aromatic rings. The largest absolute Gasteiger partial charge is 0.492 e. The summed E-state index contributed by atoms with van der Waals surface area (Å²) in [4.78, 5) is 2.25. The summed E-state index contributed by atoms with van der Waals surface area (Å²) >= 11 is 0. The van der Waals surface area contributed by atoms with Crippen molar-refractivity contribution < 1.29 is 9.47 Å². The smallest absolute Gasteiger partial charge is 0.142 e. The van der Waals surface area contributed by atoms with E-state index in [1.54, 1.807) is 0 Å². The summed E-state index contributed by atoms with van der Waals surface area (Å²) in [6, 6.07) is 13.9. The van der Waals surface area contributed by atoms with Gasteiger partial charge in [-0.1, -0.05) is 17.7 Å². The van der Waals surface area contributed by atoms with Crippen LogP contribution in [0.25, 0.3) is 0 Å². The maximum absolute atomic E-state index is 5.86. The van der Waals surface area contributed by atoms with Crippen LogP contribution in [-0.4, -0.2) is 26.3 Å². The minimum atomic E-state index is 0.636. The number of ether oxygens (including phenoxy) is 2. The zero-order valence-corrected chi connectivity index (χ0v) is 12.2. The zero-order valence-electron chi connectivity index (χ0n) is 12.2. The molecule has 4 heteroatoms. The molecule has 0 saturated carbocycles. The van der Waals surface area contributed by atoms with Crippen LogP contribution in [-0.2, 0) is 0 Å². The third-order valence-corrected chi connectivity index (χ3v) is 3.59. The van der Waals surface area contributed by atoms with Crippen molar-refractivity contribution in [3.63, 3.8) is 0 Å². The predicted octanol–water partition coefficient (Wildman–Crippen LogP) is 2.86. The number of nitrogens with zero attached hydrogens (tertiary/aromatic N) is 1.